The lowest BCUT2D eigenvalue weighted by Crippen LogP contribution is -2.23. The van der Waals surface area contributed by atoms with Crippen LogP contribution in [0.5, 0.6) is 0 Å². The molecule has 0 spiro atoms. The number of carbonyl (C=O) groups excluding carboxylic acids is 1. The van der Waals surface area contributed by atoms with Gasteiger partial charge >= 0.3 is 0 Å². The van der Waals surface area contributed by atoms with Crippen LogP contribution in [-0.4, -0.2) is 19.2 Å². The van der Waals surface area contributed by atoms with Gasteiger partial charge in [-0.1, -0.05) is 19.1 Å². The first-order chi connectivity index (χ1) is 9.53. The SMILES string of the molecule is CCC(=O)c1cccc(S(=O)(=O)NCc2cncs2)c1. The van der Waals surface area contributed by atoms with E-state index in [0.717, 1.165) is 4.88 Å². The van der Waals surface area contributed by atoms with E-state index in [9.17, 15) is 13.2 Å². The van der Waals surface area contributed by atoms with Crippen LogP contribution in [0.4, 0.5) is 0 Å². The zero-order chi connectivity index (χ0) is 14.6. The van der Waals surface area contributed by atoms with Gasteiger partial charge in [-0.05, 0) is 12.1 Å². The van der Waals surface area contributed by atoms with Gasteiger partial charge in [-0.25, -0.2) is 13.1 Å². The normalized spacial score (nSPS) is 11.4. The number of hydrogen-bond donors (Lipinski definition) is 1. The molecule has 0 aliphatic carbocycles. The summed E-state index contributed by atoms with van der Waals surface area (Å²) in [4.78, 5) is 16.4. The number of thiazole rings is 1. The van der Waals surface area contributed by atoms with E-state index in [1.54, 1.807) is 30.8 Å². The molecule has 20 heavy (non-hydrogen) atoms. The molecule has 0 unspecified atom stereocenters. The Morgan fingerprint density at radius 2 is 2.20 bits per heavy atom. The minimum Gasteiger partial charge on any atom is -0.294 e. The summed E-state index contributed by atoms with van der Waals surface area (Å²) in [6.07, 6.45) is 1.96. The average molecular weight is 310 g/mol. The van der Waals surface area contributed by atoms with Crippen LogP contribution in [0.3, 0.4) is 0 Å². The number of nitrogens with zero attached hydrogens (tertiary/aromatic N) is 1. The van der Waals surface area contributed by atoms with Gasteiger partial charge in [0, 0.05) is 29.6 Å². The van der Waals surface area contributed by atoms with Crippen molar-refractivity contribution in [3.8, 4) is 0 Å². The van der Waals surface area contributed by atoms with Crippen molar-refractivity contribution in [2.75, 3.05) is 0 Å². The molecule has 0 fully saturated rings. The molecule has 0 aliphatic rings. The first kappa shape index (κ1) is 14.8. The number of rotatable bonds is 6. The number of nitrogens with one attached hydrogen (secondary N) is 1. The summed E-state index contributed by atoms with van der Waals surface area (Å²) in [5.41, 5.74) is 2.05. The van der Waals surface area contributed by atoms with E-state index in [1.807, 2.05) is 0 Å². The fraction of sp³-hybridized carbons (Fsp3) is 0.231. The fourth-order valence-electron chi connectivity index (χ4n) is 1.62. The molecule has 0 atom stereocenters. The van der Waals surface area contributed by atoms with Crippen LogP contribution in [0, 0.1) is 0 Å². The van der Waals surface area contributed by atoms with Crippen molar-refractivity contribution in [2.45, 2.75) is 24.8 Å². The Morgan fingerprint density at radius 1 is 1.40 bits per heavy atom. The summed E-state index contributed by atoms with van der Waals surface area (Å²) in [5.74, 6) is -0.0792. The lowest BCUT2D eigenvalue weighted by Gasteiger charge is -2.07. The number of hydrogen-bond acceptors (Lipinski definition) is 5. The molecule has 0 radical (unpaired) electrons. The lowest BCUT2D eigenvalue weighted by molar-refractivity contribution is 0.0988. The molecule has 1 aromatic heterocycles. The van der Waals surface area contributed by atoms with Crippen molar-refractivity contribution in [3.05, 3.63) is 46.4 Å². The quantitative estimate of drug-likeness (QED) is 0.830. The second-order valence-corrected chi connectivity index (χ2v) is 6.83. The van der Waals surface area contributed by atoms with E-state index >= 15 is 0 Å². The standard InChI is InChI=1S/C13H14N2O3S2/c1-2-13(16)10-4-3-5-12(6-10)20(17,18)15-8-11-7-14-9-19-11/h3-7,9,15H,2,8H2,1H3. The zero-order valence-electron chi connectivity index (χ0n) is 10.9. The summed E-state index contributed by atoms with van der Waals surface area (Å²) in [7, 11) is -3.62. The third kappa shape index (κ3) is 3.50. The number of Topliss-reactive ketones (excluding diaryl/α,β-unsaturated/α-hetero) is 1. The zero-order valence-corrected chi connectivity index (χ0v) is 12.5. The van der Waals surface area contributed by atoms with Crippen molar-refractivity contribution in [1.29, 1.82) is 0 Å². The summed E-state index contributed by atoms with van der Waals surface area (Å²) >= 11 is 1.38. The minimum absolute atomic E-state index is 0.0792. The highest BCUT2D eigenvalue weighted by atomic mass is 32.2. The van der Waals surface area contributed by atoms with Crippen LogP contribution in [0.25, 0.3) is 0 Å². The van der Waals surface area contributed by atoms with Crippen molar-refractivity contribution in [1.82, 2.24) is 9.71 Å². The molecule has 1 heterocycles. The van der Waals surface area contributed by atoms with Crippen LogP contribution < -0.4 is 4.72 Å². The molecule has 0 bridgehead atoms. The first-order valence-corrected chi connectivity index (χ1v) is 8.39. The average Bonchev–Trinajstić information content (AvgIpc) is 2.98. The van der Waals surface area contributed by atoms with Gasteiger partial charge in [0.2, 0.25) is 10.0 Å². The predicted octanol–water partition coefficient (Wildman–Crippen LogP) is 2.21. The molecule has 5 nitrogen and oxygen atoms in total. The van der Waals surface area contributed by atoms with Gasteiger partial charge in [0.05, 0.1) is 10.4 Å². The Labute approximate surface area is 121 Å². The Kier molecular flexibility index (Phi) is 4.64. The smallest absolute Gasteiger partial charge is 0.240 e. The summed E-state index contributed by atoms with van der Waals surface area (Å²) in [5, 5.41) is 0. The third-order valence-electron chi connectivity index (χ3n) is 2.71. The number of carbonyl (C=O) groups is 1. The van der Waals surface area contributed by atoms with Crippen molar-refractivity contribution < 1.29 is 13.2 Å². The van der Waals surface area contributed by atoms with Gasteiger partial charge in [0.25, 0.3) is 0 Å². The summed E-state index contributed by atoms with van der Waals surface area (Å²) < 4.78 is 26.8. The maximum absolute atomic E-state index is 12.2. The Morgan fingerprint density at radius 3 is 2.85 bits per heavy atom. The van der Waals surface area contributed by atoms with E-state index in [0.29, 0.717) is 12.0 Å². The van der Waals surface area contributed by atoms with Crippen LogP contribution in [0.15, 0.2) is 40.9 Å². The van der Waals surface area contributed by atoms with Crippen LogP contribution in [0.1, 0.15) is 28.6 Å². The molecule has 2 aromatic rings. The number of aromatic nitrogens is 1. The number of benzene rings is 1. The van der Waals surface area contributed by atoms with E-state index < -0.39 is 10.0 Å². The molecule has 1 N–H and O–H groups in total. The van der Waals surface area contributed by atoms with Gasteiger partial charge in [-0.2, -0.15) is 0 Å². The second kappa shape index (κ2) is 6.25. The number of ketones is 1. The van der Waals surface area contributed by atoms with Gasteiger partial charge in [0.15, 0.2) is 5.78 Å². The molecule has 0 aliphatic heterocycles. The maximum Gasteiger partial charge on any atom is 0.240 e. The third-order valence-corrected chi connectivity index (χ3v) is 4.89. The van der Waals surface area contributed by atoms with Crippen molar-refractivity contribution in [2.24, 2.45) is 0 Å². The van der Waals surface area contributed by atoms with E-state index in [2.05, 4.69) is 9.71 Å². The monoisotopic (exact) mass is 310 g/mol. The predicted molar refractivity (Wildman–Crippen MR) is 77.2 cm³/mol. The van der Waals surface area contributed by atoms with Crippen LogP contribution >= 0.6 is 11.3 Å². The Bertz CT molecular complexity index is 694. The molecule has 0 saturated carbocycles. The van der Waals surface area contributed by atoms with Crippen molar-refractivity contribution in [3.63, 3.8) is 0 Å². The van der Waals surface area contributed by atoms with E-state index in [1.165, 1.54) is 23.5 Å². The van der Waals surface area contributed by atoms with Gasteiger partial charge in [-0.3, -0.25) is 9.78 Å². The largest absolute Gasteiger partial charge is 0.294 e. The summed E-state index contributed by atoms with van der Waals surface area (Å²) in [6, 6.07) is 6.07. The number of sulfonamides is 1. The van der Waals surface area contributed by atoms with Crippen LogP contribution in [-0.2, 0) is 16.6 Å². The highest BCUT2D eigenvalue weighted by Gasteiger charge is 2.15. The summed E-state index contributed by atoms with van der Waals surface area (Å²) in [6.45, 7) is 1.94. The van der Waals surface area contributed by atoms with Gasteiger partial charge in [0.1, 0.15) is 0 Å². The lowest BCUT2D eigenvalue weighted by atomic mass is 10.1. The molecular formula is C13H14N2O3S2. The Hall–Kier alpha value is -1.57. The molecule has 0 amide bonds. The van der Waals surface area contributed by atoms with Gasteiger partial charge < -0.3 is 0 Å². The molecular weight excluding hydrogens is 296 g/mol. The first-order valence-electron chi connectivity index (χ1n) is 6.03. The van der Waals surface area contributed by atoms with Crippen LogP contribution in [0.2, 0.25) is 0 Å². The van der Waals surface area contributed by atoms with Crippen molar-refractivity contribution >= 4 is 27.1 Å². The fourth-order valence-corrected chi connectivity index (χ4v) is 3.30. The minimum atomic E-state index is -3.62. The molecule has 7 heteroatoms. The maximum atomic E-state index is 12.2. The second-order valence-electron chi connectivity index (χ2n) is 4.10. The molecule has 2 rings (SSSR count). The highest BCUT2D eigenvalue weighted by molar-refractivity contribution is 7.89. The molecule has 0 saturated heterocycles. The van der Waals surface area contributed by atoms with E-state index in [4.69, 9.17) is 0 Å². The molecule has 106 valence electrons. The molecule has 1 aromatic carbocycles. The Balaban J connectivity index is 2.18. The van der Waals surface area contributed by atoms with Gasteiger partial charge in [-0.15, -0.1) is 11.3 Å². The van der Waals surface area contributed by atoms with E-state index in [-0.39, 0.29) is 17.2 Å². The topological polar surface area (TPSA) is 76.1 Å². The highest BCUT2D eigenvalue weighted by Crippen LogP contribution is 2.14.